The minimum absolute atomic E-state index is 0.117. The number of amides is 1. The van der Waals surface area contributed by atoms with E-state index in [2.05, 4.69) is 4.98 Å². The second kappa shape index (κ2) is 6.83. The second-order valence-electron chi connectivity index (χ2n) is 5.89. The van der Waals surface area contributed by atoms with E-state index in [1.807, 2.05) is 0 Å². The molecule has 0 aliphatic carbocycles. The van der Waals surface area contributed by atoms with Crippen molar-refractivity contribution in [1.29, 1.82) is 0 Å². The third-order valence-corrected chi connectivity index (χ3v) is 5.04. The lowest BCUT2D eigenvalue weighted by atomic mass is 10.2. The van der Waals surface area contributed by atoms with Crippen molar-refractivity contribution in [2.24, 2.45) is 0 Å². The summed E-state index contributed by atoms with van der Waals surface area (Å²) in [7, 11) is -5.35. The lowest BCUT2D eigenvalue weighted by Crippen LogP contribution is -2.42. The molecule has 0 bridgehead atoms. The fraction of sp³-hybridized carbons (Fsp3) is 0.286. The van der Waals surface area contributed by atoms with Gasteiger partial charge in [0.1, 0.15) is 11.4 Å². The first-order valence-corrected chi connectivity index (χ1v) is 9.24. The largest absolute Gasteiger partial charge is 0.443 e. The molecule has 1 aromatic carbocycles. The van der Waals surface area contributed by atoms with E-state index in [9.17, 15) is 30.8 Å². The van der Waals surface area contributed by atoms with Crippen molar-refractivity contribution >= 4 is 33.3 Å². The van der Waals surface area contributed by atoms with E-state index in [1.54, 1.807) is 0 Å². The first kappa shape index (κ1) is 20.1. The van der Waals surface area contributed by atoms with Crippen LogP contribution in [0.2, 0.25) is 0 Å². The van der Waals surface area contributed by atoms with Crippen molar-refractivity contribution in [2.45, 2.75) is 31.3 Å². The van der Waals surface area contributed by atoms with Crippen LogP contribution in [0.4, 0.5) is 28.2 Å². The number of benzene rings is 1. The van der Waals surface area contributed by atoms with Crippen molar-refractivity contribution in [3.63, 3.8) is 0 Å². The molecule has 1 amide bonds. The van der Waals surface area contributed by atoms with Crippen LogP contribution in [-0.2, 0) is 14.8 Å². The van der Waals surface area contributed by atoms with Gasteiger partial charge in [0.05, 0.1) is 5.51 Å². The van der Waals surface area contributed by atoms with E-state index in [-0.39, 0.29) is 10.4 Å². The summed E-state index contributed by atoms with van der Waals surface area (Å²) in [4.78, 5) is 14.1. The van der Waals surface area contributed by atoms with Crippen molar-refractivity contribution in [3.8, 4) is 0 Å². The van der Waals surface area contributed by atoms with Gasteiger partial charge < -0.3 is 4.74 Å². The molecule has 0 spiro atoms. The summed E-state index contributed by atoms with van der Waals surface area (Å²) in [6, 6.07) is -0.139. The zero-order chi connectivity index (χ0) is 19.9. The average molecular weight is 412 g/mol. The fourth-order valence-electron chi connectivity index (χ4n) is 1.80. The number of sulfonamides is 1. The highest BCUT2D eigenvalue weighted by Crippen LogP contribution is 2.30. The Hall–Kier alpha value is -2.21. The quantitative estimate of drug-likeness (QED) is 0.435. The molecule has 2 aromatic rings. The van der Waals surface area contributed by atoms with Crippen molar-refractivity contribution < 1.29 is 35.5 Å². The summed E-state index contributed by atoms with van der Waals surface area (Å²) in [5.41, 5.74) is -0.00775. The number of ether oxygens (including phenoxy) is 1. The molecular weight excluding hydrogens is 400 g/mol. The number of carbonyl (C=O) groups is 1. The number of nitrogens with zero attached hydrogens (tertiary/aromatic N) is 2. The van der Waals surface area contributed by atoms with Crippen LogP contribution in [0, 0.1) is 23.3 Å². The van der Waals surface area contributed by atoms with Crippen LogP contribution in [0.15, 0.2) is 21.9 Å². The number of hydrogen-bond donors (Lipinski definition) is 0. The number of anilines is 1. The lowest BCUT2D eigenvalue weighted by Gasteiger charge is -2.25. The molecule has 142 valence electrons. The van der Waals surface area contributed by atoms with Crippen LogP contribution in [0.1, 0.15) is 20.8 Å². The summed E-state index contributed by atoms with van der Waals surface area (Å²) in [6.07, 6.45) is -1.52. The fourth-order valence-corrected chi connectivity index (χ4v) is 3.77. The van der Waals surface area contributed by atoms with Gasteiger partial charge in [0.15, 0.2) is 28.2 Å². The van der Waals surface area contributed by atoms with E-state index >= 15 is 0 Å². The van der Waals surface area contributed by atoms with Gasteiger partial charge in [-0.25, -0.2) is 35.8 Å². The third-order valence-electron chi connectivity index (χ3n) is 2.76. The van der Waals surface area contributed by atoms with Gasteiger partial charge in [0.2, 0.25) is 0 Å². The molecular formula is C14H12F4N2O4S2. The summed E-state index contributed by atoms with van der Waals surface area (Å²) in [5, 5.41) is 1.09. The first-order chi connectivity index (χ1) is 11.9. The van der Waals surface area contributed by atoms with Gasteiger partial charge in [-0.3, -0.25) is 0 Å². The van der Waals surface area contributed by atoms with E-state index < -0.39 is 55.7 Å². The number of halogens is 4. The predicted molar refractivity (Wildman–Crippen MR) is 84.3 cm³/mol. The Morgan fingerprint density at radius 2 is 1.77 bits per heavy atom. The van der Waals surface area contributed by atoms with Gasteiger partial charge in [0, 0.05) is 11.4 Å². The van der Waals surface area contributed by atoms with Crippen molar-refractivity contribution in [2.75, 3.05) is 4.31 Å². The van der Waals surface area contributed by atoms with Gasteiger partial charge in [-0.05, 0) is 20.8 Å². The van der Waals surface area contributed by atoms with Crippen LogP contribution < -0.4 is 4.31 Å². The van der Waals surface area contributed by atoms with Crippen LogP contribution in [0.3, 0.4) is 0 Å². The Bertz CT molecular complexity index is 941. The third kappa shape index (κ3) is 3.80. The van der Waals surface area contributed by atoms with Crippen LogP contribution in [0.5, 0.6) is 0 Å². The zero-order valence-corrected chi connectivity index (χ0v) is 15.2. The summed E-state index contributed by atoms with van der Waals surface area (Å²) in [6.45, 7) is 4.28. The Kier molecular flexibility index (Phi) is 5.29. The van der Waals surface area contributed by atoms with E-state index in [0.29, 0.717) is 0 Å². The number of carbonyl (C=O) groups excluding carboxylic acids is 1. The highest BCUT2D eigenvalue weighted by Gasteiger charge is 2.40. The second-order valence-corrected chi connectivity index (χ2v) is 8.34. The highest BCUT2D eigenvalue weighted by molar-refractivity contribution is 7.93. The van der Waals surface area contributed by atoms with Crippen LogP contribution in [-0.4, -0.2) is 25.1 Å². The highest BCUT2D eigenvalue weighted by atomic mass is 32.2. The molecule has 12 heteroatoms. The predicted octanol–water partition coefficient (Wildman–Crippen LogP) is 3.83. The summed E-state index contributed by atoms with van der Waals surface area (Å²) < 4.78 is 84.7. The minimum Gasteiger partial charge on any atom is -0.443 e. The molecule has 0 saturated carbocycles. The van der Waals surface area contributed by atoms with Crippen LogP contribution in [0.25, 0.3) is 0 Å². The Morgan fingerprint density at radius 3 is 2.27 bits per heavy atom. The summed E-state index contributed by atoms with van der Waals surface area (Å²) in [5.74, 6) is -8.85. The lowest BCUT2D eigenvalue weighted by molar-refractivity contribution is 0.0608. The molecule has 0 radical (unpaired) electrons. The van der Waals surface area contributed by atoms with E-state index in [0.717, 1.165) is 22.2 Å². The SMILES string of the molecule is CC(C)(C)OC(=O)N(c1cscn1)S(=O)(=O)c1c(F)cc(F)c(F)c1F. The zero-order valence-electron chi connectivity index (χ0n) is 13.6. The minimum atomic E-state index is -5.35. The molecule has 0 N–H and O–H groups in total. The number of thiazole rings is 1. The molecule has 0 aliphatic rings. The standard InChI is InChI=1S/C14H12F4N2O4S2/c1-14(2,3)24-13(21)20(9-5-25-6-19-9)26(22,23)12-8(16)4-7(15)10(17)11(12)18/h4-6H,1-3H3. The van der Waals surface area contributed by atoms with Gasteiger partial charge in [-0.2, -0.15) is 0 Å². The van der Waals surface area contributed by atoms with Gasteiger partial charge in [-0.1, -0.05) is 0 Å². The Balaban J connectivity index is 2.69. The maximum Gasteiger partial charge on any atom is 0.430 e. The molecule has 0 unspecified atom stereocenters. The van der Waals surface area contributed by atoms with Gasteiger partial charge in [-0.15, -0.1) is 15.6 Å². The van der Waals surface area contributed by atoms with Gasteiger partial charge >= 0.3 is 6.09 Å². The number of aromatic nitrogens is 1. The normalized spacial score (nSPS) is 12.1. The molecule has 0 aliphatic heterocycles. The maximum atomic E-state index is 14.0. The molecule has 1 aromatic heterocycles. The molecule has 6 nitrogen and oxygen atoms in total. The molecule has 1 heterocycles. The monoisotopic (exact) mass is 412 g/mol. The number of hydrogen-bond acceptors (Lipinski definition) is 6. The number of rotatable bonds is 3. The molecule has 0 saturated heterocycles. The van der Waals surface area contributed by atoms with E-state index in [1.165, 1.54) is 20.8 Å². The molecule has 0 fully saturated rings. The molecule has 26 heavy (non-hydrogen) atoms. The average Bonchev–Trinajstić information content (AvgIpc) is 2.95. The molecule has 2 rings (SSSR count). The smallest absolute Gasteiger partial charge is 0.430 e. The Labute approximate surface area is 150 Å². The van der Waals surface area contributed by atoms with Crippen molar-refractivity contribution in [1.82, 2.24) is 4.98 Å². The van der Waals surface area contributed by atoms with Crippen molar-refractivity contribution in [3.05, 3.63) is 40.2 Å². The summed E-state index contributed by atoms with van der Waals surface area (Å²) >= 11 is 0.882. The Morgan fingerprint density at radius 1 is 1.15 bits per heavy atom. The topological polar surface area (TPSA) is 76.6 Å². The van der Waals surface area contributed by atoms with Crippen LogP contribution >= 0.6 is 11.3 Å². The maximum absolute atomic E-state index is 14.0. The first-order valence-electron chi connectivity index (χ1n) is 6.85. The van der Waals surface area contributed by atoms with Gasteiger partial charge in [0.25, 0.3) is 10.0 Å². The van der Waals surface area contributed by atoms with E-state index in [4.69, 9.17) is 4.74 Å². The molecule has 0 atom stereocenters.